The number of carbonyl (C=O) groups excluding carboxylic acids is 1. The van der Waals surface area contributed by atoms with E-state index in [9.17, 15) is 4.79 Å². The van der Waals surface area contributed by atoms with Crippen LogP contribution in [0.15, 0.2) is 28.4 Å². The number of oxime groups is 1. The normalized spacial score (nSPS) is 31.3. The van der Waals surface area contributed by atoms with Crippen molar-refractivity contribution in [3.63, 3.8) is 0 Å². The molecule has 1 N–H and O–H groups in total. The predicted octanol–water partition coefficient (Wildman–Crippen LogP) is 2.89. The van der Waals surface area contributed by atoms with E-state index in [1.165, 1.54) is 13.0 Å². The summed E-state index contributed by atoms with van der Waals surface area (Å²) in [5.74, 6) is -1.16. The molecule has 0 amide bonds. The van der Waals surface area contributed by atoms with Gasteiger partial charge in [0.1, 0.15) is 4.87 Å². The first kappa shape index (κ1) is 12.6. The lowest BCUT2D eigenvalue weighted by atomic mass is 9.85. The largest absolute Gasteiger partial charge is 0.410 e. The number of halogens is 3. The van der Waals surface area contributed by atoms with E-state index in [1.54, 1.807) is 12.2 Å². The first-order chi connectivity index (χ1) is 6.93. The van der Waals surface area contributed by atoms with Crippen LogP contribution in [0.1, 0.15) is 6.92 Å². The van der Waals surface area contributed by atoms with E-state index < -0.39 is 10.8 Å². The van der Waals surface area contributed by atoms with Crippen molar-refractivity contribution in [3.05, 3.63) is 23.3 Å². The fraction of sp³-hybridized carbons (Fsp3) is 0.333. The van der Waals surface area contributed by atoms with Crippen LogP contribution in [-0.4, -0.2) is 21.0 Å². The second-order valence-corrected chi connectivity index (χ2v) is 4.54. The van der Waals surface area contributed by atoms with Gasteiger partial charge in [0.25, 0.3) is 0 Å². The number of nitrogens with zero attached hydrogens (tertiary/aromatic N) is 1. The maximum absolute atomic E-state index is 11.4. The molecule has 0 heterocycles. The molecule has 1 aliphatic rings. The minimum atomic E-state index is -1.38. The second-order valence-electron chi connectivity index (χ2n) is 3.09. The minimum Gasteiger partial charge on any atom is -0.410 e. The first-order valence-corrected chi connectivity index (χ1v) is 5.19. The number of hydrogen-bond donors (Lipinski definition) is 1. The quantitative estimate of drug-likeness (QED) is 0.362. The molecule has 0 aromatic carbocycles. The van der Waals surface area contributed by atoms with Gasteiger partial charge in [-0.25, -0.2) is 0 Å². The van der Waals surface area contributed by atoms with Gasteiger partial charge in [0.05, 0.1) is 5.92 Å². The molecule has 1 aliphatic carbocycles. The fourth-order valence-electron chi connectivity index (χ4n) is 1.34. The molecule has 0 saturated heterocycles. The number of rotatable bonds is 2. The van der Waals surface area contributed by atoms with Crippen molar-refractivity contribution in [2.24, 2.45) is 11.1 Å². The Hall–Kier alpha value is -0.510. The van der Waals surface area contributed by atoms with Crippen molar-refractivity contribution in [2.45, 2.75) is 11.8 Å². The van der Waals surface area contributed by atoms with E-state index >= 15 is 0 Å². The van der Waals surface area contributed by atoms with Crippen molar-refractivity contribution in [3.8, 4) is 0 Å². The Bertz CT molecular complexity index is 376. The van der Waals surface area contributed by atoms with Gasteiger partial charge in [0.2, 0.25) is 0 Å². The van der Waals surface area contributed by atoms with Gasteiger partial charge in [-0.2, -0.15) is 0 Å². The Morgan fingerprint density at radius 1 is 1.67 bits per heavy atom. The average Bonchev–Trinajstić information content (AvgIpc) is 2.17. The number of alkyl halides is 1. The summed E-state index contributed by atoms with van der Waals surface area (Å²) in [5, 5.41) is 11.5. The second kappa shape index (κ2) is 4.56. The van der Waals surface area contributed by atoms with Crippen LogP contribution in [-0.2, 0) is 4.79 Å². The molecular weight excluding hydrogens is 260 g/mol. The lowest BCUT2D eigenvalue weighted by Gasteiger charge is -2.30. The van der Waals surface area contributed by atoms with Crippen LogP contribution in [0.25, 0.3) is 0 Å². The standard InChI is InChI=1S/C9H8Cl3NO2/c1-5(14)9(12)4-2-3-6(10)7(9)8(11)13-15/h2-4,7,15H,1H3. The SMILES string of the molecule is CC(=O)C1(Cl)C=CC=C(Cl)C1C(Cl)=NO. The topological polar surface area (TPSA) is 49.7 Å². The first-order valence-electron chi connectivity index (χ1n) is 4.05. The Balaban J connectivity index is 3.24. The molecule has 2 unspecified atom stereocenters. The highest BCUT2D eigenvalue weighted by molar-refractivity contribution is 6.68. The summed E-state index contributed by atoms with van der Waals surface area (Å²) >= 11 is 17.7. The van der Waals surface area contributed by atoms with Crippen LogP contribution in [0.2, 0.25) is 0 Å². The monoisotopic (exact) mass is 267 g/mol. The Labute approximate surface area is 102 Å². The summed E-state index contributed by atoms with van der Waals surface area (Å²) < 4.78 is 0. The van der Waals surface area contributed by atoms with Crippen LogP contribution >= 0.6 is 34.8 Å². The summed E-state index contributed by atoms with van der Waals surface area (Å²) in [6.45, 7) is 1.32. The van der Waals surface area contributed by atoms with Gasteiger partial charge in [-0.15, -0.1) is 11.6 Å². The number of ketones is 1. The highest BCUT2D eigenvalue weighted by Crippen LogP contribution is 2.40. The van der Waals surface area contributed by atoms with Gasteiger partial charge >= 0.3 is 0 Å². The molecule has 3 nitrogen and oxygen atoms in total. The molecule has 0 saturated carbocycles. The van der Waals surface area contributed by atoms with Crippen molar-refractivity contribution in [2.75, 3.05) is 0 Å². The van der Waals surface area contributed by atoms with Crippen molar-refractivity contribution < 1.29 is 10.0 Å². The Kier molecular flexibility index (Phi) is 3.82. The van der Waals surface area contributed by atoms with Gasteiger partial charge in [0.15, 0.2) is 11.0 Å². The van der Waals surface area contributed by atoms with Gasteiger partial charge in [-0.1, -0.05) is 40.5 Å². The van der Waals surface area contributed by atoms with E-state index in [0.717, 1.165) is 0 Å². The van der Waals surface area contributed by atoms with Gasteiger partial charge in [-0.3, -0.25) is 4.79 Å². The van der Waals surface area contributed by atoms with E-state index in [4.69, 9.17) is 40.0 Å². The Morgan fingerprint density at radius 2 is 2.27 bits per heavy atom. The van der Waals surface area contributed by atoms with E-state index in [1.807, 2.05) is 0 Å². The number of allylic oxidation sites excluding steroid dienone is 4. The zero-order valence-corrected chi connectivity index (χ0v) is 10.0. The number of carbonyl (C=O) groups is 1. The smallest absolute Gasteiger partial charge is 0.156 e. The average molecular weight is 269 g/mol. The van der Waals surface area contributed by atoms with Crippen molar-refractivity contribution in [1.82, 2.24) is 0 Å². The van der Waals surface area contributed by atoms with Crippen molar-refractivity contribution in [1.29, 1.82) is 0 Å². The minimum absolute atomic E-state index is 0.217. The van der Waals surface area contributed by atoms with Crippen LogP contribution < -0.4 is 0 Å². The van der Waals surface area contributed by atoms with Crippen LogP contribution in [0.5, 0.6) is 0 Å². The molecule has 0 aliphatic heterocycles. The molecular formula is C9H8Cl3NO2. The van der Waals surface area contributed by atoms with Gasteiger partial charge in [0, 0.05) is 5.03 Å². The molecule has 82 valence electrons. The van der Waals surface area contributed by atoms with Gasteiger partial charge < -0.3 is 5.21 Å². The van der Waals surface area contributed by atoms with E-state index in [2.05, 4.69) is 5.16 Å². The van der Waals surface area contributed by atoms with Crippen LogP contribution in [0.3, 0.4) is 0 Å². The van der Waals surface area contributed by atoms with Crippen LogP contribution in [0, 0.1) is 5.92 Å². The predicted molar refractivity (Wildman–Crippen MR) is 60.9 cm³/mol. The molecule has 0 aromatic rings. The summed E-state index contributed by atoms with van der Waals surface area (Å²) in [6.07, 6.45) is 4.58. The number of hydrogen-bond acceptors (Lipinski definition) is 3. The third-order valence-corrected chi connectivity index (χ3v) is 3.41. The highest BCUT2D eigenvalue weighted by atomic mass is 35.5. The molecule has 0 spiro atoms. The lowest BCUT2D eigenvalue weighted by molar-refractivity contribution is -0.118. The van der Waals surface area contributed by atoms with Crippen LogP contribution in [0.4, 0.5) is 0 Å². The van der Waals surface area contributed by atoms with Crippen molar-refractivity contribution >= 4 is 45.8 Å². The number of Topliss-reactive ketones (excluding diaryl/α,β-unsaturated/α-hetero) is 1. The molecule has 0 radical (unpaired) electrons. The highest BCUT2D eigenvalue weighted by Gasteiger charge is 2.45. The Morgan fingerprint density at radius 3 is 2.73 bits per heavy atom. The third-order valence-electron chi connectivity index (χ3n) is 2.16. The molecule has 0 bridgehead atoms. The summed E-state index contributed by atoms with van der Waals surface area (Å²) in [4.78, 5) is 10.1. The molecule has 15 heavy (non-hydrogen) atoms. The maximum Gasteiger partial charge on any atom is 0.156 e. The molecule has 6 heteroatoms. The van der Waals surface area contributed by atoms with E-state index in [0.29, 0.717) is 0 Å². The molecule has 0 fully saturated rings. The lowest BCUT2D eigenvalue weighted by Crippen LogP contribution is -2.41. The van der Waals surface area contributed by atoms with E-state index in [-0.39, 0.29) is 16.0 Å². The zero-order chi connectivity index (χ0) is 11.6. The summed E-state index contributed by atoms with van der Waals surface area (Å²) in [6, 6.07) is 0. The zero-order valence-electron chi connectivity index (χ0n) is 7.75. The maximum atomic E-state index is 11.4. The third kappa shape index (κ3) is 2.19. The van der Waals surface area contributed by atoms with Gasteiger partial charge in [-0.05, 0) is 13.0 Å². The summed E-state index contributed by atoms with van der Waals surface area (Å²) in [7, 11) is 0. The molecule has 0 aromatic heterocycles. The summed E-state index contributed by atoms with van der Waals surface area (Å²) in [5.41, 5.74) is 0. The fourth-order valence-corrected chi connectivity index (χ4v) is 2.44. The molecule has 2 atom stereocenters. The molecule has 1 rings (SSSR count).